The fourth-order valence-electron chi connectivity index (χ4n) is 2.90. The molecule has 7 heteroatoms. The van der Waals surface area contributed by atoms with E-state index in [1.807, 2.05) is 48.3 Å². The number of ether oxygens (including phenoxy) is 2. The maximum atomic E-state index is 12.5. The van der Waals surface area contributed by atoms with Gasteiger partial charge >= 0.3 is 0 Å². The number of rotatable bonds is 8. The number of amides is 1. The Hall–Kier alpha value is -2.77. The van der Waals surface area contributed by atoms with Crippen molar-refractivity contribution >= 4 is 27.5 Å². The molecule has 0 radical (unpaired) electrons. The number of anilines is 1. The summed E-state index contributed by atoms with van der Waals surface area (Å²) in [6.07, 6.45) is 0. The molecule has 1 heterocycles. The van der Waals surface area contributed by atoms with E-state index in [4.69, 9.17) is 13.9 Å². The van der Waals surface area contributed by atoms with Crippen molar-refractivity contribution in [3.8, 4) is 22.8 Å². The second-order valence-corrected chi connectivity index (χ2v) is 7.48. The normalized spacial score (nSPS) is 10.8. The van der Waals surface area contributed by atoms with Crippen LogP contribution >= 0.6 is 15.9 Å². The van der Waals surface area contributed by atoms with Crippen molar-refractivity contribution in [3.05, 3.63) is 64.8 Å². The number of furan rings is 1. The fourth-order valence-corrected chi connectivity index (χ4v) is 3.17. The number of nitrogens with zero attached hydrogens (tertiary/aromatic N) is 1. The number of hydrogen-bond acceptors (Lipinski definition) is 5. The summed E-state index contributed by atoms with van der Waals surface area (Å²) in [5, 5.41) is 2.87. The largest absolute Gasteiger partial charge is 0.497 e. The van der Waals surface area contributed by atoms with E-state index in [0.29, 0.717) is 23.7 Å². The molecule has 1 amide bonds. The molecular weight excluding hydrogens is 436 g/mol. The summed E-state index contributed by atoms with van der Waals surface area (Å²) in [4.78, 5) is 14.3. The lowest BCUT2D eigenvalue weighted by atomic mass is 10.2. The number of hydrogen-bond donors (Lipinski definition) is 1. The van der Waals surface area contributed by atoms with E-state index in [2.05, 4.69) is 21.2 Å². The number of likely N-dealkylation sites (N-methyl/N-ethyl adjacent to an activating group) is 1. The number of methoxy groups -OCH3 is 2. The number of nitrogens with one attached hydrogen (secondary N) is 1. The van der Waals surface area contributed by atoms with Gasteiger partial charge in [-0.25, -0.2) is 0 Å². The summed E-state index contributed by atoms with van der Waals surface area (Å²) in [6, 6.07) is 17.1. The molecule has 1 N–H and O–H groups in total. The Morgan fingerprint density at radius 3 is 2.52 bits per heavy atom. The summed E-state index contributed by atoms with van der Waals surface area (Å²) < 4.78 is 17.4. The summed E-state index contributed by atoms with van der Waals surface area (Å²) in [6.45, 7) is 0.716. The average Bonchev–Trinajstić information content (AvgIpc) is 3.16. The Bertz CT molecular complexity index is 969. The van der Waals surface area contributed by atoms with Gasteiger partial charge in [0.2, 0.25) is 5.91 Å². The molecule has 0 unspecified atom stereocenters. The SMILES string of the molecule is COc1ccc(OC)c(NC(=O)CN(C)Cc2ccc(-c3ccc(Br)cc3)o2)c1. The Morgan fingerprint density at radius 2 is 1.83 bits per heavy atom. The van der Waals surface area contributed by atoms with Crippen LogP contribution in [-0.4, -0.2) is 38.6 Å². The Labute approximate surface area is 178 Å². The van der Waals surface area contributed by atoms with Crippen molar-refractivity contribution in [1.29, 1.82) is 0 Å². The highest BCUT2D eigenvalue weighted by atomic mass is 79.9. The minimum absolute atomic E-state index is 0.154. The zero-order chi connectivity index (χ0) is 20.8. The van der Waals surface area contributed by atoms with Crippen LogP contribution in [-0.2, 0) is 11.3 Å². The summed E-state index contributed by atoms with van der Waals surface area (Å²) in [5.41, 5.74) is 1.57. The van der Waals surface area contributed by atoms with E-state index in [1.54, 1.807) is 32.4 Å². The maximum absolute atomic E-state index is 12.5. The van der Waals surface area contributed by atoms with Crippen LogP contribution in [0.4, 0.5) is 5.69 Å². The van der Waals surface area contributed by atoms with Crippen molar-refractivity contribution in [3.63, 3.8) is 0 Å². The van der Waals surface area contributed by atoms with Crippen molar-refractivity contribution in [1.82, 2.24) is 4.90 Å². The van der Waals surface area contributed by atoms with Gasteiger partial charge in [0, 0.05) is 16.1 Å². The van der Waals surface area contributed by atoms with Crippen LogP contribution in [0.15, 0.2) is 63.5 Å². The molecular formula is C22H23BrN2O4. The summed E-state index contributed by atoms with van der Waals surface area (Å²) in [7, 11) is 5.00. The molecule has 2 aromatic carbocycles. The molecule has 0 saturated heterocycles. The molecule has 0 spiro atoms. The van der Waals surface area contributed by atoms with Crippen molar-refractivity contribution in [2.75, 3.05) is 33.1 Å². The molecule has 6 nitrogen and oxygen atoms in total. The van der Waals surface area contributed by atoms with Crippen LogP contribution in [0, 0.1) is 0 Å². The highest BCUT2D eigenvalue weighted by Gasteiger charge is 2.13. The van der Waals surface area contributed by atoms with Crippen LogP contribution in [0.1, 0.15) is 5.76 Å². The number of carbonyl (C=O) groups excluding carboxylic acids is 1. The monoisotopic (exact) mass is 458 g/mol. The van der Waals surface area contributed by atoms with Gasteiger partial charge in [-0.15, -0.1) is 0 Å². The van der Waals surface area contributed by atoms with Crippen LogP contribution in [0.25, 0.3) is 11.3 Å². The van der Waals surface area contributed by atoms with E-state index in [0.717, 1.165) is 21.6 Å². The third-order valence-corrected chi connectivity index (χ3v) is 4.84. The molecule has 0 atom stereocenters. The number of carbonyl (C=O) groups is 1. The molecule has 0 aliphatic rings. The van der Waals surface area contributed by atoms with Crippen LogP contribution in [0.5, 0.6) is 11.5 Å². The molecule has 1 aromatic heterocycles. The molecule has 0 aliphatic heterocycles. The third-order valence-electron chi connectivity index (χ3n) is 4.31. The van der Waals surface area contributed by atoms with Gasteiger partial charge in [-0.2, -0.15) is 0 Å². The third kappa shape index (κ3) is 5.62. The Kier molecular flexibility index (Phi) is 6.95. The van der Waals surface area contributed by atoms with Gasteiger partial charge in [0.1, 0.15) is 23.0 Å². The lowest BCUT2D eigenvalue weighted by molar-refractivity contribution is -0.117. The molecule has 3 aromatic rings. The highest BCUT2D eigenvalue weighted by Crippen LogP contribution is 2.29. The minimum Gasteiger partial charge on any atom is -0.497 e. The van der Waals surface area contributed by atoms with Crippen molar-refractivity contribution in [2.45, 2.75) is 6.54 Å². The van der Waals surface area contributed by atoms with Crippen LogP contribution in [0.3, 0.4) is 0 Å². The Morgan fingerprint density at radius 1 is 1.07 bits per heavy atom. The van der Waals surface area contributed by atoms with Gasteiger partial charge in [-0.1, -0.05) is 28.1 Å². The molecule has 0 saturated carbocycles. The maximum Gasteiger partial charge on any atom is 0.238 e. The average molecular weight is 459 g/mol. The molecule has 0 bridgehead atoms. The van der Waals surface area contributed by atoms with Gasteiger partial charge in [-0.3, -0.25) is 9.69 Å². The smallest absolute Gasteiger partial charge is 0.238 e. The summed E-state index contributed by atoms with van der Waals surface area (Å²) in [5.74, 6) is 2.65. The predicted octanol–water partition coefficient (Wildman–Crippen LogP) is 4.80. The van der Waals surface area contributed by atoms with Gasteiger partial charge in [0.15, 0.2) is 0 Å². The van der Waals surface area contributed by atoms with E-state index < -0.39 is 0 Å². The van der Waals surface area contributed by atoms with E-state index >= 15 is 0 Å². The van der Waals surface area contributed by atoms with Crippen LogP contribution < -0.4 is 14.8 Å². The molecule has 29 heavy (non-hydrogen) atoms. The number of halogens is 1. The van der Waals surface area contributed by atoms with E-state index in [1.165, 1.54) is 0 Å². The van der Waals surface area contributed by atoms with Crippen molar-refractivity contribution < 1.29 is 18.7 Å². The number of benzene rings is 2. The summed E-state index contributed by atoms with van der Waals surface area (Å²) >= 11 is 3.43. The van der Waals surface area contributed by atoms with Gasteiger partial charge < -0.3 is 19.2 Å². The fraction of sp³-hybridized carbons (Fsp3) is 0.227. The highest BCUT2D eigenvalue weighted by molar-refractivity contribution is 9.10. The molecule has 0 fully saturated rings. The standard InChI is InChI=1S/C22H23BrN2O4/c1-25(13-18-9-10-20(29-18)15-4-6-16(23)7-5-15)14-22(26)24-19-12-17(27-2)8-11-21(19)28-3/h4-12H,13-14H2,1-3H3,(H,24,26). The van der Waals surface area contributed by atoms with E-state index in [9.17, 15) is 4.79 Å². The molecule has 3 rings (SSSR count). The first kappa shape index (κ1) is 21.0. The van der Waals surface area contributed by atoms with Gasteiger partial charge in [-0.05, 0) is 43.4 Å². The topological polar surface area (TPSA) is 63.9 Å². The van der Waals surface area contributed by atoms with E-state index in [-0.39, 0.29) is 12.5 Å². The second-order valence-electron chi connectivity index (χ2n) is 6.56. The van der Waals surface area contributed by atoms with Gasteiger partial charge in [0.25, 0.3) is 0 Å². The zero-order valence-electron chi connectivity index (χ0n) is 16.6. The quantitative estimate of drug-likeness (QED) is 0.525. The van der Waals surface area contributed by atoms with Crippen LogP contribution in [0.2, 0.25) is 0 Å². The second kappa shape index (κ2) is 9.62. The first-order valence-corrected chi connectivity index (χ1v) is 9.83. The zero-order valence-corrected chi connectivity index (χ0v) is 18.2. The lowest BCUT2D eigenvalue weighted by Gasteiger charge is -2.16. The first-order chi connectivity index (χ1) is 14.0. The molecule has 152 valence electrons. The predicted molar refractivity (Wildman–Crippen MR) is 116 cm³/mol. The first-order valence-electron chi connectivity index (χ1n) is 9.03. The van der Waals surface area contributed by atoms with Gasteiger partial charge in [0.05, 0.1) is 33.0 Å². The van der Waals surface area contributed by atoms with Crippen molar-refractivity contribution in [2.24, 2.45) is 0 Å². The molecule has 0 aliphatic carbocycles. The lowest BCUT2D eigenvalue weighted by Crippen LogP contribution is -2.29. The Balaban J connectivity index is 1.59. The minimum atomic E-state index is -0.154.